The third-order valence-corrected chi connectivity index (χ3v) is 7.15. The smallest absolute Gasteiger partial charge is 0.317 e. The molecule has 1 heterocycles. The minimum absolute atomic E-state index is 0.0598. The lowest BCUT2D eigenvalue weighted by atomic mass is 10.1. The molecule has 2 amide bonds. The first kappa shape index (κ1) is 35.7. The van der Waals surface area contributed by atoms with Crippen LogP contribution < -0.4 is 10.6 Å². The predicted octanol–water partition coefficient (Wildman–Crippen LogP) is 0.626. The van der Waals surface area contributed by atoms with Gasteiger partial charge in [0.2, 0.25) is 11.8 Å². The van der Waals surface area contributed by atoms with Crippen LogP contribution >= 0.6 is 0 Å². The Morgan fingerprint density at radius 1 is 0.625 bits per heavy atom. The van der Waals surface area contributed by atoms with E-state index >= 15 is 0 Å². The molecule has 0 aromatic heterocycles. The molecule has 0 radical (unpaired) electrons. The summed E-state index contributed by atoms with van der Waals surface area (Å²) >= 11 is 0. The Labute approximate surface area is 240 Å². The van der Waals surface area contributed by atoms with E-state index in [2.05, 4.69) is 41.2 Å². The molecule has 1 aliphatic rings. The number of carboxylic acid groups (broad SMARTS) is 2. The summed E-state index contributed by atoms with van der Waals surface area (Å²) in [5.74, 6) is -1.14. The van der Waals surface area contributed by atoms with Crippen molar-refractivity contribution >= 4 is 23.8 Å². The Hall–Kier alpha value is -2.28. The van der Waals surface area contributed by atoms with Crippen LogP contribution in [-0.2, 0) is 19.2 Å². The Kier molecular flexibility index (Phi) is 19.2. The molecule has 0 spiro atoms. The van der Waals surface area contributed by atoms with Crippen molar-refractivity contribution in [3.8, 4) is 0 Å². The molecule has 0 bridgehead atoms. The second-order valence-electron chi connectivity index (χ2n) is 11.1. The second kappa shape index (κ2) is 21.5. The summed E-state index contributed by atoms with van der Waals surface area (Å²) in [6, 6.07) is 0. The molecule has 1 fully saturated rings. The van der Waals surface area contributed by atoms with Crippen LogP contribution in [-0.4, -0.2) is 145 Å². The highest BCUT2D eigenvalue weighted by Crippen LogP contribution is 2.04. The SMILES string of the molecule is CCN1CCN(CC(=O)O)CCN(CC(=O)O)CCN(CC(=O)NCCCCCC(=O)NCCCC(C)C)CC1. The number of aliphatic carboxylic acids is 2. The van der Waals surface area contributed by atoms with Crippen LogP contribution in [0.4, 0.5) is 0 Å². The number of carbonyl (C=O) groups is 4. The number of amides is 2. The van der Waals surface area contributed by atoms with Crippen LogP contribution in [0.25, 0.3) is 0 Å². The quantitative estimate of drug-likeness (QED) is 0.184. The summed E-state index contributed by atoms with van der Waals surface area (Å²) in [5, 5.41) is 24.6. The monoisotopic (exact) mass is 570 g/mol. The summed E-state index contributed by atoms with van der Waals surface area (Å²) in [6.45, 7) is 13.2. The topological polar surface area (TPSA) is 146 Å². The molecule has 0 aromatic carbocycles. The molecular formula is C28H54N6O6. The molecule has 1 saturated heterocycles. The predicted molar refractivity (Wildman–Crippen MR) is 155 cm³/mol. The maximum atomic E-state index is 12.7. The van der Waals surface area contributed by atoms with Crippen LogP contribution in [0.5, 0.6) is 0 Å². The van der Waals surface area contributed by atoms with Crippen LogP contribution in [0.1, 0.15) is 59.3 Å². The van der Waals surface area contributed by atoms with Crippen molar-refractivity contribution in [3.05, 3.63) is 0 Å². The van der Waals surface area contributed by atoms with Gasteiger partial charge in [0.25, 0.3) is 0 Å². The molecule has 0 unspecified atom stereocenters. The normalized spacial score (nSPS) is 17.2. The van der Waals surface area contributed by atoms with Crippen molar-refractivity contribution in [2.24, 2.45) is 5.92 Å². The van der Waals surface area contributed by atoms with Gasteiger partial charge in [-0.15, -0.1) is 0 Å². The minimum Gasteiger partial charge on any atom is -0.480 e. The van der Waals surface area contributed by atoms with E-state index in [0.717, 1.165) is 51.7 Å². The molecule has 0 aromatic rings. The van der Waals surface area contributed by atoms with Crippen molar-refractivity contribution in [3.63, 3.8) is 0 Å². The van der Waals surface area contributed by atoms with E-state index in [9.17, 15) is 29.4 Å². The van der Waals surface area contributed by atoms with Crippen molar-refractivity contribution in [1.29, 1.82) is 0 Å². The highest BCUT2D eigenvalue weighted by Gasteiger charge is 2.19. The first-order valence-corrected chi connectivity index (χ1v) is 14.9. The number of carbonyl (C=O) groups excluding carboxylic acids is 2. The fourth-order valence-electron chi connectivity index (χ4n) is 4.65. The molecule has 1 rings (SSSR count). The summed E-state index contributed by atoms with van der Waals surface area (Å²) < 4.78 is 0. The number of hydrogen-bond acceptors (Lipinski definition) is 8. The Morgan fingerprint density at radius 3 is 1.55 bits per heavy atom. The van der Waals surface area contributed by atoms with Gasteiger partial charge in [0, 0.05) is 71.9 Å². The van der Waals surface area contributed by atoms with Crippen molar-refractivity contribution in [2.75, 3.05) is 91.6 Å². The number of likely N-dealkylation sites (N-methyl/N-ethyl adjacent to an activating group) is 1. The highest BCUT2D eigenvalue weighted by atomic mass is 16.4. The van der Waals surface area contributed by atoms with Crippen LogP contribution in [0.3, 0.4) is 0 Å². The maximum absolute atomic E-state index is 12.7. The first-order chi connectivity index (χ1) is 19.1. The molecule has 40 heavy (non-hydrogen) atoms. The molecule has 12 heteroatoms. The van der Waals surface area contributed by atoms with Gasteiger partial charge in [-0.25, -0.2) is 0 Å². The molecule has 0 aliphatic carbocycles. The van der Waals surface area contributed by atoms with Gasteiger partial charge < -0.3 is 25.7 Å². The standard InChI is InChI=1S/C28H54N6O6/c1-4-31-13-15-32(17-18-34(23-28(39)40)20-19-33(16-14-31)22-27(37)38)21-26(36)30-11-7-5-6-10-25(35)29-12-8-9-24(2)3/h24H,4-23H2,1-3H3,(H,29,35)(H,30,36)(H,37,38)(H,39,40). The van der Waals surface area contributed by atoms with Crippen LogP contribution in [0.15, 0.2) is 0 Å². The summed E-state index contributed by atoms with van der Waals surface area (Å²) in [7, 11) is 0. The summed E-state index contributed by atoms with van der Waals surface area (Å²) in [6.07, 6.45) is 5.12. The van der Waals surface area contributed by atoms with E-state index in [0.29, 0.717) is 64.7 Å². The molecule has 0 saturated carbocycles. The van der Waals surface area contributed by atoms with Gasteiger partial charge in [-0.1, -0.05) is 27.2 Å². The average Bonchev–Trinajstić information content (AvgIpc) is 2.88. The van der Waals surface area contributed by atoms with Gasteiger partial charge >= 0.3 is 11.9 Å². The van der Waals surface area contributed by atoms with Crippen molar-refractivity contribution in [1.82, 2.24) is 30.2 Å². The van der Waals surface area contributed by atoms with Gasteiger partial charge in [0.1, 0.15) is 0 Å². The number of hydrogen-bond donors (Lipinski definition) is 4. The number of rotatable bonds is 17. The highest BCUT2D eigenvalue weighted by molar-refractivity contribution is 5.78. The zero-order valence-electron chi connectivity index (χ0n) is 25.0. The fraction of sp³-hybridized carbons (Fsp3) is 0.857. The Bertz CT molecular complexity index is 753. The Morgan fingerprint density at radius 2 is 1.07 bits per heavy atom. The number of carboxylic acids is 2. The third kappa shape index (κ3) is 18.9. The first-order valence-electron chi connectivity index (χ1n) is 14.9. The summed E-state index contributed by atoms with van der Waals surface area (Å²) in [4.78, 5) is 55.3. The van der Waals surface area contributed by atoms with Gasteiger partial charge in [-0.05, 0) is 38.1 Å². The lowest BCUT2D eigenvalue weighted by molar-refractivity contribution is -0.140. The maximum Gasteiger partial charge on any atom is 0.317 e. The second-order valence-corrected chi connectivity index (χ2v) is 11.1. The molecule has 12 nitrogen and oxygen atoms in total. The van der Waals surface area contributed by atoms with Gasteiger partial charge in [0.05, 0.1) is 19.6 Å². The van der Waals surface area contributed by atoms with E-state index in [1.807, 2.05) is 9.80 Å². The van der Waals surface area contributed by atoms with Gasteiger partial charge in [-0.2, -0.15) is 0 Å². The largest absolute Gasteiger partial charge is 0.480 e. The zero-order valence-corrected chi connectivity index (χ0v) is 25.0. The number of nitrogens with one attached hydrogen (secondary N) is 2. The van der Waals surface area contributed by atoms with Gasteiger partial charge in [0.15, 0.2) is 0 Å². The molecule has 0 atom stereocenters. The third-order valence-electron chi connectivity index (χ3n) is 7.15. The molecular weight excluding hydrogens is 516 g/mol. The van der Waals surface area contributed by atoms with Crippen LogP contribution in [0, 0.1) is 5.92 Å². The fourth-order valence-corrected chi connectivity index (χ4v) is 4.65. The van der Waals surface area contributed by atoms with E-state index in [-0.39, 0.29) is 31.4 Å². The number of nitrogens with zero attached hydrogens (tertiary/aromatic N) is 4. The lowest BCUT2D eigenvalue weighted by Crippen LogP contribution is -2.49. The van der Waals surface area contributed by atoms with E-state index in [4.69, 9.17) is 0 Å². The van der Waals surface area contributed by atoms with Crippen molar-refractivity contribution < 1.29 is 29.4 Å². The van der Waals surface area contributed by atoms with Gasteiger partial charge in [-0.3, -0.25) is 33.9 Å². The summed E-state index contributed by atoms with van der Waals surface area (Å²) in [5.41, 5.74) is 0. The van der Waals surface area contributed by atoms with Crippen LogP contribution in [0.2, 0.25) is 0 Å². The molecule has 4 N–H and O–H groups in total. The van der Waals surface area contributed by atoms with E-state index in [1.165, 1.54) is 0 Å². The molecule has 1 aliphatic heterocycles. The lowest BCUT2D eigenvalue weighted by Gasteiger charge is -2.33. The average molecular weight is 571 g/mol. The van der Waals surface area contributed by atoms with E-state index < -0.39 is 11.9 Å². The Balaban J connectivity index is 2.47. The number of unbranched alkanes of at least 4 members (excludes halogenated alkanes) is 2. The zero-order chi connectivity index (χ0) is 29.8. The van der Waals surface area contributed by atoms with Crippen molar-refractivity contribution in [2.45, 2.75) is 59.3 Å². The minimum atomic E-state index is -0.929. The van der Waals surface area contributed by atoms with E-state index in [1.54, 1.807) is 0 Å². The molecule has 232 valence electrons.